The number of amides is 2. The fourth-order valence-corrected chi connectivity index (χ4v) is 3.65. The van der Waals surface area contributed by atoms with Crippen LogP contribution in [0.3, 0.4) is 0 Å². The lowest BCUT2D eigenvalue weighted by atomic mass is 10.0. The summed E-state index contributed by atoms with van der Waals surface area (Å²) in [6, 6.07) is 29.1. The van der Waals surface area contributed by atoms with E-state index in [0.717, 1.165) is 11.1 Å². The number of carbonyl (C=O) groups is 2. The third kappa shape index (κ3) is 7.04. The Balaban J connectivity index is 1.41. The van der Waals surface area contributed by atoms with Gasteiger partial charge in [0, 0.05) is 0 Å². The average Bonchev–Trinajstić information content (AvgIpc) is 2.96. The van der Waals surface area contributed by atoms with E-state index in [2.05, 4.69) is 10.6 Å². The first-order valence-electron chi connectivity index (χ1n) is 11.9. The third-order valence-corrected chi connectivity index (χ3v) is 5.51. The van der Waals surface area contributed by atoms with Gasteiger partial charge in [-0.2, -0.15) is 0 Å². The van der Waals surface area contributed by atoms with Crippen LogP contribution in [0.2, 0.25) is 0 Å². The molecule has 0 aromatic heterocycles. The Hall–Kier alpha value is -4.98. The highest BCUT2D eigenvalue weighted by Crippen LogP contribution is 2.35. The molecule has 4 aromatic carbocycles. The smallest absolute Gasteiger partial charge is 0.262 e. The Labute approximate surface area is 221 Å². The zero-order valence-corrected chi connectivity index (χ0v) is 21.1. The maximum Gasteiger partial charge on any atom is 0.262 e. The van der Waals surface area contributed by atoms with Crippen LogP contribution in [0.15, 0.2) is 97.1 Å². The number of ether oxygens (including phenoxy) is 4. The van der Waals surface area contributed by atoms with Crippen molar-refractivity contribution in [2.24, 2.45) is 0 Å². The molecule has 0 radical (unpaired) electrons. The molecule has 0 aliphatic heterocycles. The predicted molar refractivity (Wildman–Crippen MR) is 146 cm³/mol. The highest BCUT2D eigenvalue weighted by atomic mass is 16.5. The molecule has 0 atom stereocenters. The molecule has 2 amide bonds. The van der Waals surface area contributed by atoms with Gasteiger partial charge in [-0.3, -0.25) is 9.59 Å². The molecule has 4 aromatic rings. The van der Waals surface area contributed by atoms with Crippen LogP contribution in [0.25, 0.3) is 11.1 Å². The number of benzene rings is 4. The van der Waals surface area contributed by atoms with E-state index in [1.807, 2.05) is 60.7 Å². The number of hydrogen-bond donors (Lipinski definition) is 2. The van der Waals surface area contributed by atoms with E-state index in [-0.39, 0.29) is 25.0 Å². The molecule has 0 unspecified atom stereocenters. The number of para-hydroxylation sites is 2. The standard InChI is InChI=1S/C30H28N2O6/c1-35-27-17-21(13-15-25(27)31-29(33)19-37-23-9-5-3-6-10-23)22-14-16-26(28(18-22)36-2)32-30(34)20-38-24-11-7-4-8-12-24/h3-18H,19-20H2,1-2H3,(H,31,33)(H,32,34). The van der Waals surface area contributed by atoms with E-state index < -0.39 is 0 Å². The van der Waals surface area contributed by atoms with Crippen LogP contribution in [-0.2, 0) is 9.59 Å². The molecule has 0 aliphatic rings. The van der Waals surface area contributed by atoms with Crippen LogP contribution in [0.1, 0.15) is 0 Å². The average molecular weight is 513 g/mol. The fourth-order valence-electron chi connectivity index (χ4n) is 3.65. The first-order valence-corrected chi connectivity index (χ1v) is 11.9. The zero-order valence-electron chi connectivity index (χ0n) is 21.1. The fraction of sp³-hybridized carbons (Fsp3) is 0.133. The quantitative estimate of drug-likeness (QED) is 0.279. The maximum absolute atomic E-state index is 12.4. The second-order valence-electron chi connectivity index (χ2n) is 8.13. The summed E-state index contributed by atoms with van der Waals surface area (Å²) in [5, 5.41) is 5.63. The Morgan fingerprint density at radius 1 is 0.579 bits per heavy atom. The van der Waals surface area contributed by atoms with Gasteiger partial charge in [0.05, 0.1) is 25.6 Å². The molecule has 0 saturated heterocycles. The van der Waals surface area contributed by atoms with Gasteiger partial charge in [-0.15, -0.1) is 0 Å². The van der Waals surface area contributed by atoms with Gasteiger partial charge < -0.3 is 29.6 Å². The summed E-state index contributed by atoms with van der Waals surface area (Å²) >= 11 is 0. The summed E-state index contributed by atoms with van der Waals surface area (Å²) in [6.07, 6.45) is 0. The lowest BCUT2D eigenvalue weighted by Crippen LogP contribution is -2.20. The van der Waals surface area contributed by atoms with Crippen molar-refractivity contribution in [1.82, 2.24) is 0 Å². The molecule has 8 heteroatoms. The van der Waals surface area contributed by atoms with E-state index in [4.69, 9.17) is 18.9 Å². The maximum atomic E-state index is 12.4. The van der Waals surface area contributed by atoms with Gasteiger partial charge in [-0.05, 0) is 59.7 Å². The van der Waals surface area contributed by atoms with Crippen molar-refractivity contribution in [3.63, 3.8) is 0 Å². The first kappa shape index (κ1) is 26.1. The van der Waals surface area contributed by atoms with E-state index in [1.165, 1.54) is 14.2 Å². The van der Waals surface area contributed by atoms with E-state index in [0.29, 0.717) is 34.4 Å². The van der Waals surface area contributed by atoms with Crippen LogP contribution in [0.4, 0.5) is 11.4 Å². The largest absolute Gasteiger partial charge is 0.495 e. The minimum Gasteiger partial charge on any atom is -0.495 e. The second kappa shape index (κ2) is 12.8. The summed E-state index contributed by atoms with van der Waals surface area (Å²) in [5.74, 6) is 1.59. The van der Waals surface area contributed by atoms with Crippen molar-refractivity contribution in [1.29, 1.82) is 0 Å². The van der Waals surface area contributed by atoms with Crippen LogP contribution >= 0.6 is 0 Å². The Morgan fingerprint density at radius 3 is 1.34 bits per heavy atom. The molecule has 8 nitrogen and oxygen atoms in total. The normalized spacial score (nSPS) is 10.3. The van der Waals surface area contributed by atoms with Gasteiger partial charge in [-0.1, -0.05) is 48.5 Å². The molecule has 4 rings (SSSR count). The Kier molecular flexibility index (Phi) is 8.80. The van der Waals surface area contributed by atoms with Crippen molar-refractivity contribution in [2.45, 2.75) is 0 Å². The first-order chi connectivity index (χ1) is 18.6. The van der Waals surface area contributed by atoms with Gasteiger partial charge in [0.25, 0.3) is 11.8 Å². The zero-order chi connectivity index (χ0) is 26.7. The molecular weight excluding hydrogens is 484 g/mol. The molecule has 38 heavy (non-hydrogen) atoms. The molecule has 0 bridgehead atoms. The van der Waals surface area contributed by atoms with E-state index in [1.54, 1.807) is 36.4 Å². The molecule has 0 heterocycles. The molecule has 0 aliphatic carbocycles. The van der Waals surface area contributed by atoms with Crippen molar-refractivity contribution in [2.75, 3.05) is 38.1 Å². The lowest BCUT2D eigenvalue weighted by Gasteiger charge is -2.15. The number of methoxy groups -OCH3 is 2. The van der Waals surface area contributed by atoms with E-state index in [9.17, 15) is 9.59 Å². The molecular formula is C30H28N2O6. The molecule has 194 valence electrons. The molecule has 0 fully saturated rings. The molecule has 2 N–H and O–H groups in total. The second-order valence-corrected chi connectivity index (χ2v) is 8.13. The van der Waals surface area contributed by atoms with Gasteiger partial charge in [0.2, 0.25) is 0 Å². The van der Waals surface area contributed by atoms with Crippen molar-refractivity contribution < 1.29 is 28.5 Å². The summed E-state index contributed by atoms with van der Waals surface area (Å²) in [6.45, 7) is -0.259. The van der Waals surface area contributed by atoms with Crippen LogP contribution in [-0.4, -0.2) is 39.2 Å². The molecule has 0 spiro atoms. The lowest BCUT2D eigenvalue weighted by molar-refractivity contribution is -0.118. The van der Waals surface area contributed by atoms with Crippen molar-refractivity contribution >= 4 is 23.2 Å². The number of nitrogens with one attached hydrogen (secondary N) is 2. The van der Waals surface area contributed by atoms with Crippen molar-refractivity contribution in [3.05, 3.63) is 97.1 Å². The molecule has 0 saturated carbocycles. The van der Waals surface area contributed by atoms with Gasteiger partial charge in [0.15, 0.2) is 13.2 Å². The summed E-state index contributed by atoms with van der Waals surface area (Å²) < 4.78 is 22.0. The van der Waals surface area contributed by atoms with E-state index >= 15 is 0 Å². The number of anilines is 2. The number of rotatable bonds is 11. The topological polar surface area (TPSA) is 95.1 Å². The van der Waals surface area contributed by atoms with Crippen LogP contribution < -0.4 is 29.6 Å². The number of hydrogen-bond acceptors (Lipinski definition) is 6. The monoisotopic (exact) mass is 512 g/mol. The minimum atomic E-state index is -0.307. The highest BCUT2D eigenvalue weighted by Gasteiger charge is 2.13. The predicted octanol–water partition coefficient (Wildman–Crippen LogP) is 5.41. The highest BCUT2D eigenvalue weighted by molar-refractivity contribution is 5.95. The van der Waals surface area contributed by atoms with Crippen LogP contribution in [0.5, 0.6) is 23.0 Å². The van der Waals surface area contributed by atoms with Gasteiger partial charge in [0.1, 0.15) is 23.0 Å². The van der Waals surface area contributed by atoms with Crippen molar-refractivity contribution in [3.8, 4) is 34.1 Å². The summed E-state index contributed by atoms with van der Waals surface area (Å²) in [7, 11) is 3.07. The Morgan fingerprint density at radius 2 is 0.974 bits per heavy atom. The summed E-state index contributed by atoms with van der Waals surface area (Å²) in [5.41, 5.74) is 2.72. The Bertz CT molecular complexity index is 1270. The minimum absolute atomic E-state index is 0.129. The van der Waals surface area contributed by atoms with Gasteiger partial charge in [-0.25, -0.2) is 0 Å². The van der Waals surface area contributed by atoms with Gasteiger partial charge >= 0.3 is 0 Å². The summed E-state index contributed by atoms with van der Waals surface area (Å²) in [4.78, 5) is 24.8. The number of carbonyl (C=O) groups excluding carboxylic acids is 2. The van der Waals surface area contributed by atoms with Crippen LogP contribution in [0, 0.1) is 0 Å². The SMILES string of the molecule is COc1cc(-c2ccc(NC(=O)COc3ccccc3)c(OC)c2)ccc1NC(=O)COc1ccccc1. The third-order valence-electron chi connectivity index (χ3n) is 5.51.